The monoisotopic (exact) mass is 381 g/mol. The van der Waals surface area contributed by atoms with Crippen molar-refractivity contribution in [3.05, 3.63) is 52.0 Å². The third-order valence-corrected chi connectivity index (χ3v) is 4.26. The Bertz CT molecular complexity index is 782. The Kier molecular flexibility index (Phi) is 5.56. The summed E-state index contributed by atoms with van der Waals surface area (Å²) in [5.74, 6) is 1.60. The van der Waals surface area contributed by atoms with Gasteiger partial charge in [0.05, 0.1) is 5.02 Å². The van der Waals surface area contributed by atoms with Crippen molar-refractivity contribution in [3.63, 3.8) is 0 Å². The van der Waals surface area contributed by atoms with Crippen LogP contribution >= 0.6 is 23.2 Å². The summed E-state index contributed by atoms with van der Waals surface area (Å²) in [4.78, 5) is 12.4. The summed E-state index contributed by atoms with van der Waals surface area (Å²) in [7, 11) is 0. The van der Waals surface area contributed by atoms with E-state index in [0.717, 1.165) is 5.56 Å². The first-order valence-electron chi connectivity index (χ1n) is 7.84. The van der Waals surface area contributed by atoms with Gasteiger partial charge in [0.2, 0.25) is 6.79 Å². The second-order valence-corrected chi connectivity index (χ2v) is 6.34. The van der Waals surface area contributed by atoms with E-state index in [1.54, 1.807) is 18.2 Å². The molecule has 1 unspecified atom stereocenters. The van der Waals surface area contributed by atoms with Crippen molar-refractivity contribution in [1.29, 1.82) is 0 Å². The van der Waals surface area contributed by atoms with Crippen LogP contribution in [0.5, 0.6) is 17.2 Å². The number of carbonyl (C=O) groups is 1. The minimum Gasteiger partial charge on any atom is -0.479 e. The number of carbonyl (C=O) groups excluding carboxylic acids is 1. The van der Waals surface area contributed by atoms with E-state index in [0.29, 0.717) is 40.3 Å². The van der Waals surface area contributed by atoms with E-state index in [4.69, 9.17) is 37.4 Å². The van der Waals surface area contributed by atoms with Crippen LogP contribution in [0.1, 0.15) is 18.9 Å². The molecule has 2 aromatic carbocycles. The van der Waals surface area contributed by atoms with E-state index in [1.165, 1.54) is 0 Å². The van der Waals surface area contributed by atoms with Gasteiger partial charge in [-0.25, -0.2) is 0 Å². The van der Waals surface area contributed by atoms with E-state index in [9.17, 15) is 4.79 Å². The van der Waals surface area contributed by atoms with Crippen molar-refractivity contribution in [2.45, 2.75) is 26.0 Å². The molecule has 0 aliphatic carbocycles. The molecule has 0 spiro atoms. The Hall–Kier alpha value is -2.11. The molecule has 7 heteroatoms. The molecule has 0 bridgehead atoms. The third kappa shape index (κ3) is 4.30. The van der Waals surface area contributed by atoms with E-state index < -0.39 is 6.10 Å². The van der Waals surface area contributed by atoms with E-state index in [-0.39, 0.29) is 12.7 Å². The lowest BCUT2D eigenvalue weighted by Gasteiger charge is -2.18. The second kappa shape index (κ2) is 7.85. The Labute approximate surface area is 155 Å². The molecule has 0 aromatic heterocycles. The molecule has 0 saturated carbocycles. The molecule has 1 heterocycles. The topological polar surface area (TPSA) is 56.8 Å². The number of ether oxygens (including phenoxy) is 3. The Morgan fingerprint density at radius 1 is 1.20 bits per heavy atom. The molecule has 132 valence electrons. The van der Waals surface area contributed by atoms with Crippen LogP contribution in [0.15, 0.2) is 36.4 Å². The molecule has 1 amide bonds. The number of fused-ring (bicyclic) bond motifs is 1. The summed E-state index contributed by atoms with van der Waals surface area (Å²) in [5.41, 5.74) is 0.914. The summed E-state index contributed by atoms with van der Waals surface area (Å²) < 4.78 is 16.3. The molecular formula is C18H17Cl2NO4. The highest BCUT2D eigenvalue weighted by molar-refractivity contribution is 6.35. The van der Waals surface area contributed by atoms with E-state index in [1.807, 2.05) is 25.1 Å². The van der Waals surface area contributed by atoms with Crippen LogP contribution in [0.4, 0.5) is 0 Å². The first-order valence-corrected chi connectivity index (χ1v) is 8.60. The number of hydrogen-bond acceptors (Lipinski definition) is 4. The Morgan fingerprint density at radius 3 is 2.76 bits per heavy atom. The average Bonchev–Trinajstić information content (AvgIpc) is 3.07. The van der Waals surface area contributed by atoms with Gasteiger partial charge < -0.3 is 19.5 Å². The number of hydrogen-bond donors (Lipinski definition) is 1. The van der Waals surface area contributed by atoms with Crippen LogP contribution < -0.4 is 19.5 Å². The fraction of sp³-hybridized carbons (Fsp3) is 0.278. The van der Waals surface area contributed by atoms with Crippen molar-refractivity contribution in [2.75, 3.05) is 6.79 Å². The van der Waals surface area contributed by atoms with Crippen LogP contribution in [0, 0.1) is 0 Å². The smallest absolute Gasteiger partial charge is 0.261 e. The van der Waals surface area contributed by atoms with Crippen molar-refractivity contribution >= 4 is 29.1 Å². The van der Waals surface area contributed by atoms with Gasteiger partial charge in [-0.2, -0.15) is 0 Å². The molecule has 1 aliphatic heterocycles. The predicted octanol–water partition coefficient (Wildman–Crippen LogP) is 4.20. The van der Waals surface area contributed by atoms with Gasteiger partial charge in [0.1, 0.15) is 5.75 Å². The van der Waals surface area contributed by atoms with Gasteiger partial charge in [0.15, 0.2) is 17.6 Å². The average molecular weight is 382 g/mol. The zero-order valence-corrected chi connectivity index (χ0v) is 15.1. The van der Waals surface area contributed by atoms with Crippen LogP contribution in [-0.4, -0.2) is 18.8 Å². The number of halogens is 2. The molecule has 1 aliphatic rings. The summed E-state index contributed by atoms with van der Waals surface area (Å²) in [6.07, 6.45) is -0.140. The molecule has 0 saturated heterocycles. The van der Waals surface area contributed by atoms with Crippen molar-refractivity contribution in [2.24, 2.45) is 0 Å². The first-order chi connectivity index (χ1) is 12.1. The molecule has 3 rings (SSSR count). The van der Waals surface area contributed by atoms with Crippen molar-refractivity contribution < 1.29 is 19.0 Å². The minimum absolute atomic E-state index is 0.216. The maximum Gasteiger partial charge on any atom is 0.261 e. The van der Waals surface area contributed by atoms with Gasteiger partial charge in [-0.3, -0.25) is 4.79 Å². The lowest BCUT2D eigenvalue weighted by atomic mass is 10.2. The molecule has 0 radical (unpaired) electrons. The number of rotatable bonds is 6. The second-order valence-electron chi connectivity index (χ2n) is 5.49. The number of amides is 1. The highest BCUT2D eigenvalue weighted by atomic mass is 35.5. The highest BCUT2D eigenvalue weighted by Crippen LogP contribution is 2.32. The fourth-order valence-electron chi connectivity index (χ4n) is 2.40. The maximum absolute atomic E-state index is 12.4. The van der Waals surface area contributed by atoms with Crippen molar-refractivity contribution in [3.8, 4) is 17.2 Å². The highest BCUT2D eigenvalue weighted by Gasteiger charge is 2.20. The fourth-order valence-corrected chi connectivity index (χ4v) is 2.85. The molecule has 2 aromatic rings. The third-order valence-electron chi connectivity index (χ3n) is 3.73. The minimum atomic E-state index is -0.646. The summed E-state index contributed by atoms with van der Waals surface area (Å²) >= 11 is 12.0. The van der Waals surface area contributed by atoms with Gasteiger partial charge in [-0.05, 0) is 42.3 Å². The number of nitrogens with one attached hydrogen (secondary N) is 1. The molecule has 5 nitrogen and oxygen atoms in total. The molecule has 25 heavy (non-hydrogen) atoms. The first kappa shape index (κ1) is 17.7. The zero-order valence-electron chi connectivity index (χ0n) is 13.6. The van der Waals surface area contributed by atoms with Gasteiger partial charge in [-0.1, -0.05) is 36.2 Å². The normalized spacial score (nSPS) is 13.4. The molecule has 0 fully saturated rings. The molecule has 1 atom stereocenters. The summed E-state index contributed by atoms with van der Waals surface area (Å²) in [5, 5.41) is 3.74. The predicted molar refractivity (Wildman–Crippen MR) is 95.6 cm³/mol. The van der Waals surface area contributed by atoms with Crippen LogP contribution in [-0.2, 0) is 11.3 Å². The van der Waals surface area contributed by atoms with Gasteiger partial charge >= 0.3 is 0 Å². The lowest BCUT2D eigenvalue weighted by Crippen LogP contribution is -2.37. The number of benzene rings is 2. The largest absolute Gasteiger partial charge is 0.479 e. The van der Waals surface area contributed by atoms with E-state index >= 15 is 0 Å². The zero-order chi connectivity index (χ0) is 17.8. The lowest BCUT2D eigenvalue weighted by molar-refractivity contribution is -0.128. The van der Waals surface area contributed by atoms with Crippen LogP contribution in [0.3, 0.4) is 0 Å². The Morgan fingerprint density at radius 2 is 2.00 bits per heavy atom. The molecule has 1 N–H and O–H groups in total. The summed E-state index contributed by atoms with van der Waals surface area (Å²) in [6.45, 7) is 2.46. The van der Waals surface area contributed by atoms with E-state index in [2.05, 4.69) is 5.32 Å². The van der Waals surface area contributed by atoms with Crippen LogP contribution in [0.25, 0.3) is 0 Å². The maximum atomic E-state index is 12.4. The quantitative estimate of drug-likeness (QED) is 0.814. The van der Waals surface area contributed by atoms with Gasteiger partial charge in [0, 0.05) is 11.6 Å². The summed E-state index contributed by atoms with van der Waals surface area (Å²) in [6, 6.07) is 10.4. The van der Waals surface area contributed by atoms with Gasteiger partial charge in [0.25, 0.3) is 5.91 Å². The standard InChI is InChI=1S/C18H17Cl2NO4/c1-2-14(25-15-6-4-12(19)8-13(15)20)18(22)21-9-11-3-5-16-17(7-11)24-10-23-16/h3-8,14H,2,9-10H2,1H3,(H,21,22). The Balaban J connectivity index is 1.60. The SMILES string of the molecule is CCC(Oc1ccc(Cl)cc1Cl)C(=O)NCc1ccc2c(c1)OCO2. The molecular weight excluding hydrogens is 365 g/mol. The van der Waals surface area contributed by atoms with Crippen LogP contribution in [0.2, 0.25) is 10.0 Å². The van der Waals surface area contributed by atoms with Gasteiger partial charge in [-0.15, -0.1) is 0 Å². The van der Waals surface area contributed by atoms with Crippen molar-refractivity contribution in [1.82, 2.24) is 5.32 Å².